The zero-order valence-corrected chi connectivity index (χ0v) is 19.9. The van der Waals surface area contributed by atoms with E-state index < -0.39 is 10.0 Å². The first-order valence-corrected chi connectivity index (χ1v) is 12.0. The molecule has 0 saturated carbocycles. The molecule has 0 bridgehead atoms. The summed E-state index contributed by atoms with van der Waals surface area (Å²) >= 11 is 3.41. The zero-order chi connectivity index (χ0) is 23.1. The summed E-state index contributed by atoms with van der Waals surface area (Å²) in [5.74, 6) is 0.644. The van der Waals surface area contributed by atoms with Gasteiger partial charge in [0.2, 0.25) is 0 Å². The Morgan fingerprint density at radius 3 is 2.41 bits per heavy atom. The van der Waals surface area contributed by atoms with E-state index in [1.165, 1.54) is 31.4 Å². The van der Waals surface area contributed by atoms with Crippen molar-refractivity contribution in [3.63, 3.8) is 0 Å². The third kappa shape index (κ3) is 6.48. The molecular weight excluding hydrogens is 496 g/mol. The minimum atomic E-state index is -3.78. The number of rotatable bonds is 9. The molecule has 0 aliphatic heterocycles. The highest BCUT2D eigenvalue weighted by atomic mass is 79.9. The van der Waals surface area contributed by atoms with Gasteiger partial charge in [-0.15, -0.1) is 0 Å². The van der Waals surface area contributed by atoms with Crippen molar-refractivity contribution in [1.82, 2.24) is 5.32 Å². The Balaban J connectivity index is 1.56. The second-order valence-corrected chi connectivity index (χ2v) is 9.54. The lowest BCUT2D eigenvalue weighted by Crippen LogP contribution is -2.31. The quantitative estimate of drug-likeness (QED) is 0.434. The molecule has 3 rings (SSSR count). The maximum Gasteiger partial charge on any atom is 0.261 e. The number of hydrogen-bond acceptors (Lipinski definition) is 5. The molecule has 3 aromatic carbocycles. The largest absolute Gasteiger partial charge is 0.497 e. The summed E-state index contributed by atoms with van der Waals surface area (Å²) in [7, 11) is -2.27. The highest BCUT2D eigenvalue weighted by molar-refractivity contribution is 9.10. The molecule has 32 heavy (non-hydrogen) atoms. The van der Waals surface area contributed by atoms with Crippen LogP contribution in [0.5, 0.6) is 11.5 Å². The lowest BCUT2D eigenvalue weighted by molar-refractivity contribution is -0.123. The van der Waals surface area contributed by atoms with E-state index in [1.807, 2.05) is 31.2 Å². The Morgan fingerprint density at radius 1 is 1.00 bits per heavy atom. The average molecular weight is 519 g/mol. The molecule has 0 fully saturated rings. The summed E-state index contributed by atoms with van der Waals surface area (Å²) < 4.78 is 39.2. The lowest BCUT2D eigenvalue weighted by atomic mass is 10.1. The summed E-state index contributed by atoms with van der Waals surface area (Å²) in [5.41, 5.74) is 1.35. The molecule has 7 nitrogen and oxygen atoms in total. The van der Waals surface area contributed by atoms with Gasteiger partial charge in [-0.2, -0.15) is 0 Å². The fourth-order valence-electron chi connectivity index (χ4n) is 2.91. The Kier molecular flexibility index (Phi) is 7.76. The number of sulfonamides is 1. The predicted octanol–water partition coefficient (Wildman–Crippen LogP) is 4.51. The van der Waals surface area contributed by atoms with Gasteiger partial charge in [0.15, 0.2) is 6.61 Å². The molecule has 1 amide bonds. The van der Waals surface area contributed by atoms with E-state index in [9.17, 15) is 13.2 Å². The molecule has 0 aliphatic carbocycles. The van der Waals surface area contributed by atoms with E-state index in [2.05, 4.69) is 26.0 Å². The number of amides is 1. The van der Waals surface area contributed by atoms with Gasteiger partial charge >= 0.3 is 0 Å². The van der Waals surface area contributed by atoms with Gasteiger partial charge in [0.1, 0.15) is 11.5 Å². The molecule has 0 saturated heterocycles. The Bertz CT molecular complexity index is 1180. The monoisotopic (exact) mass is 518 g/mol. The second-order valence-electron chi connectivity index (χ2n) is 6.94. The van der Waals surface area contributed by atoms with Gasteiger partial charge in [-0.05, 0) is 61.0 Å². The molecule has 0 unspecified atom stereocenters. The van der Waals surface area contributed by atoms with Crippen molar-refractivity contribution in [2.45, 2.75) is 17.9 Å². The summed E-state index contributed by atoms with van der Waals surface area (Å²) in [5, 5.41) is 2.87. The number of methoxy groups -OCH3 is 1. The van der Waals surface area contributed by atoms with Crippen LogP contribution in [0.3, 0.4) is 0 Å². The van der Waals surface area contributed by atoms with Gasteiger partial charge in [0, 0.05) is 10.5 Å². The van der Waals surface area contributed by atoms with Crippen molar-refractivity contribution in [2.75, 3.05) is 18.4 Å². The van der Waals surface area contributed by atoms with E-state index in [0.717, 1.165) is 10.0 Å². The highest BCUT2D eigenvalue weighted by Crippen LogP contribution is 2.22. The Labute approximate surface area is 195 Å². The summed E-state index contributed by atoms with van der Waals surface area (Å²) in [4.78, 5) is 12.3. The first-order chi connectivity index (χ1) is 15.3. The number of carbonyl (C=O) groups excluding carboxylic acids is 1. The molecular formula is C23H23BrN2O5S. The molecule has 3 aromatic rings. The molecule has 2 N–H and O–H groups in total. The molecule has 0 radical (unpaired) electrons. The van der Waals surface area contributed by atoms with E-state index in [1.54, 1.807) is 24.3 Å². The van der Waals surface area contributed by atoms with Gasteiger partial charge in [0.25, 0.3) is 15.9 Å². The van der Waals surface area contributed by atoms with Crippen LogP contribution in [-0.2, 0) is 14.8 Å². The minimum Gasteiger partial charge on any atom is -0.497 e. The first-order valence-electron chi connectivity index (χ1n) is 9.71. The number of anilines is 1. The predicted molar refractivity (Wildman–Crippen MR) is 126 cm³/mol. The van der Waals surface area contributed by atoms with E-state index in [4.69, 9.17) is 9.47 Å². The molecule has 0 aliphatic rings. The number of halogens is 1. The molecule has 0 aromatic heterocycles. The van der Waals surface area contributed by atoms with Gasteiger partial charge in [-0.1, -0.05) is 34.1 Å². The van der Waals surface area contributed by atoms with Crippen molar-refractivity contribution < 1.29 is 22.7 Å². The van der Waals surface area contributed by atoms with Gasteiger partial charge in [-0.3, -0.25) is 9.52 Å². The lowest BCUT2D eigenvalue weighted by Gasteiger charge is -2.15. The van der Waals surface area contributed by atoms with Crippen LogP contribution in [0, 0.1) is 0 Å². The van der Waals surface area contributed by atoms with Crippen molar-refractivity contribution >= 4 is 37.5 Å². The highest BCUT2D eigenvalue weighted by Gasteiger charge is 2.15. The van der Waals surface area contributed by atoms with Crippen LogP contribution >= 0.6 is 15.9 Å². The number of ether oxygens (including phenoxy) is 2. The van der Waals surface area contributed by atoms with Crippen LogP contribution in [0.4, 0.5) is 5.69 Å². The fourth-order valence-corrected chi connectivity index (χ4v) is 4.37. The Morgan fingerprint density at radius 2 is 1.72 bits per heavy atom. The molecule has 0 spiro atoms. The number of carbonyl (C=O) groups is 1. The summed E-state index contributed by atoms with van der Waals surface area (Å²) in [6.45, 7) is 1.70. The SMILES string of the molecule is COc1cccc(NS(=O)(=O)c2ccc(OCC(=O)N[C@@H](C)c3cccc(Br)c3)cc2)c1. The average Bonchev–Trinajstić information content (AvgIpc) is 2.78. The summed E-state index contributed by atoms with van der Waals surface area (Å²) in [6.07, 6.45) is 0. The van der Waals surface area contributed by atoms with Crippen LogP contribution < -0.4 is 19.5 Å². The number of hydrogen-bond donors (Lipinski definition) is 2. The van der Waals surface area contributed by atoms with E-state index in [-0.39, 0.29) is 23.5 Å². The smallest absolute Gasteiger partial charge is 0.261 e. The maximum atomic E-state index is 12.6. The topological polar surface area (TPSA) is 93.7 Å². The van der Waals surface area contributed by atoms with Crippen LogP contribution in [0.25, 0.3) is 0 Å². The van der Waals surface area contributed by atoms with Crippen molar-refractivity contribution in [1.29, 1.82) is 0 Å². The zero-order valence-electron chi connectivity index (χ0n) is 17.5. The molecule has 9 heteroatoms. The van der Waals surface area contributed by atoms with Gasteiger partial charge in [-0.25, -0.2) is 8.42 Å². The Hall–Kier alpha value is -3.04. The second kappa shape index (κ2) is 10.5. The molecule has 0 heterocycles. The third-order valence-electron chi connectivity index (χ3n) is 4.55. The van der Waals surface area contributed by atoms with Crippen LogP contribution in [0.1, 0.15) is 18.5 Å². The van der Waals surface area contributed by atoms with Crippen LogP contribution in [0.2, 0.25) is 0 Å². The first kappa shape index (κ1) is 23.6. The number of benzene rings is 3. The normalized spacial score (nSPS) is 12.0. The van der Waals surface area contributed by atoms with Crippen molar-refractivity contribution in [3.05, 3.63) is 82.8 Å². The molecule has 1 atom stereocenters. The van der Waals surface area contributed by atoms with Crippen LogP contribution in [0.15, 0.2) is 82.2 Å². The molecule has 168 valence electrons. The minimum absolute atomic E-state index is 0.0698. The van der Waals surface area contributed by atoms with Gasteiger partial charge in [0.05, 0.1) is 23.7 Å². The van der Waals surface area contributed by atoms with E-state index in [0.29, 0.717) is 17.2 Å². The van der Waals surface area contributed by atoms with Crippen molar-refractivity contribution in [2.24, 2.45) is 0 Å². The van der Waals surface area contributed by atoms with Crippen molar-refractivity contribution in [3.8, 4) is 11.5 Å². The van der Waals surface area contributed by atoms with Gasteiger partial charge < -0.3 is 14.8 Å². The number of nitrogens with one attached hydrogen (secondary N) is 2. The summed E-state index contributed by atoms with van der Waals surface area (Å²) in [6, 6.07) is 20.0. The standard InChI is InChI=1S/C23H23BrN2O5S/c1-16(17-5-3-6-18(24)13-17)25-23(27)15-31-20-9-11-22(12-10-20)32(28,29)26-19-7-4-8-21(14-19)30-2/h3-14,16,26H,15H2,1-2H3,(H,25,27)/t16-/m0/s1. The fraction of sp³-hybridized carbons (Fsp3) is 0.174. The van der Waals surface area contributed by atoms with E-state index >= 15 is 0 Å². The third-order valence-corrected chi connectivity index (χ3v) is 6.44. The van der Waals surface area contributed by atoms with Crippen LogP contribution in [-0.4, -0.2) is 28.0 Å². The maximum absolute atomic E-state index is 12.6.